The van der Waals surface area contributed by atoms with Gasteiger partial charge in [0.25, 0.3) is 0 Å². The van der Waals surface area contributed by atoms with E-state index in [2.05, 4.69) is 25.3 Å². The molecule has 1 aliphatic heterocycles. The Labute approximate surface area is 226 Å². The highest BCUT2D eigenvalue weighted by molar-refractivity contribution is 7.89. The van der Waals surface area contributed by atoms with Crippen LogP contribution in [0.15, 0.2) is 53.8 Å². The number of hydrogen-bond acceptors (Lipinski definition) is 9. The minimum absolute atomic E-state index is 0. The summed E-state index contributed by atoms with van der Waals surface area (Å²) >= 11 is 0.899. The summed E-state index contributed by atoms with van der Waals surface area (Å²) in [6.45, 7) is 0.514. The van der Waals surface area contributed by atoms with E-state index in [9.17, 15) is 22.0 Å². The number of nitrogen functional groups attached to an aromatic ring is 1. The molecule has 0 spiro atoms. The highest BCUT2D eigenvalue weighted by Crippen LogP contribution is 2.31. The third kappa shape index (κ3) is 5.38. The highest BCUT2D eigenvalue weighted by atomic mass is 35.5. The van der Waals surface area contributed by atoms with Crippen molar-refractivity contribution in [2.45, 2.75) is 23.8 Å². The van der Waals surface area contributed by atoms with Gasteiger partial charge in [-0.1, -0.05) is 17.4 Å². The van der Waals surface area contributed by atoms with Gasteiger partial charge in [-0.3, -0.25) is 9.78 Å². The third-order valence-corrected chi connectivity index (χ3v) is 8.83. The molecule has 5 rings (SSSR count). The predicted molar refractivity (Wildman–Crippen MR) is 141 cm³/mol. The van der Waals surface area contributed by atoms with Gasteiger partial charge in [0.05, 0.1) is 5.56 Å². The SMILES string of the molecule is Cl.Nc1nc(NC2CCN(S(=O)(=O)c3ccc(-c4ncc[nH]4)nc3)CC2)sc1C(=O)c1c(F)cccc1F. The number of anilines is 2. The number of halogens is 3. The van der Waals surface area contributed by atoms with E-state index in [1.807, 2.05) is 0 Å². The number of nitrogens with two attached hydrogens (primary N) is 1. The van der Waals surface area contributed by atoms with E-state index < -0.39 is 33.0 Å². The maximum Gasteiger partial charge on any atom is 0.244 e. The predicted octanol–water partition coefficient (Wildman–Crippen LogP) is 3.71. The number of rotatable bonds is 7. The zero-order valence-electron chi connectivity index (χ0n) is 19.6. The van der Waals surface area contributed by atoms with Crippen LogP contribution < -0.4 is 11.1 Å². The fraction of sp³-hybridized carbons (Fsp3) is 0.217. The van der Waals surface area contributed by atoms with Crippen molar-refractivity contribution in [2.75, 3.05) is 24.1 Å². The smallest absolute Gasteiger partial charge is 0.244 e. The molecule has 15 heteroatoms. The van der Waals surface area contributed by atoms with Crippen LogP contribution in [0.3, 0.4) is 0 Å². The fourth-order valence-corrected chi connectivity index (χ4v) is 6.35. The van der Waals surface area contributed by atoms with Crippen LogP contribution in [-0.2, 0) is 10.0 Å². The maximum absolute atomic E-state index is 14.0. The number of thiazole rings is 1. The average molecular weight is 582 g/mol. The molecule has 0 amide bonds. The molecule has 1 fully saturated rings. The molecule has 10 nitrogen and oxygen atoms in total. The maximum atomic E-state index is 14.0. The lowest BCUT2D eigenvalue weighted by Crippen LogP contribution is -2.42. The number of nitrogens with zero attached hydrogens (tertiary/aromatic N) is 4. The van der Waals surface area contributed by atoms with E-state index in [-0.39, 0.29) is 47.1 Å². The summed E-state index contributed by atoms with van der Waals surface area (Å²) in [5, 5.41) is 3.47. The Bertz CT molecular complexity index is 1520. The van der Waals surface area contributed by atoms with Crippen LogP contribution in [0.4, 0.5) is 19.7 Å². The summed E-state index contributed by atoms with van der Waals surface area (Å²) in [6.07, 6.45) is 5.50. The van der Waals surface area contributed by atoms with Crippen LogP contribution in [0.2, 0.25) is 0 Å². The van der Waals surface area contributed by atoms with Crippen molar-refractivity contribution < 1.29 is 22.0 Å². The zero-order chi connectivity index (χ0) is 26.2. The van der Waals surface area contributed by atoms with Crippen LogP contribution in [0.25, 0.3) is 11.5 Å². The molecule has 3 aromatic heterocycles. The van der Waals surface area contributed by atoms with E-state index in [0.29, 0.717) is 29.5 Å². The number of aromatic amines is 1. The average Bonchev–Trinajstić information content (AvgIpc) is 3.54. The standard InChI is InChI=1S/C23H21F2N7O3S2.ClH/c24-15-2-1-3-16(25)18(15)19(33)20-21(26)31-23(36-20)30-13-6-10-32(11-7-13)37(34,35)14-4-5-17(29-12-14)22-27-8-9-28-22;/h1-5,8-9,12-13H,6-7,10-11,26H2,(H,27,28)(H,30,31);1H. The number of pyridine rings is 1. The van der Waals surface area contributed by atoms with Gasteiger partial charge in [0, 0.05) is 37.7 Å². The largest absolute Gasteiger partial charge is 0.382 e. The third-order valence-electron chi connectivity index (χ3n) is 5.95. The number of imidazole rings is 1. The van der Waals surface area contributed by atoms with Crippen molar-refractivity contribution in [3.63, 3.8) is 0 Å². The van der Waals surface area contributed by atoms with Gasteiger partial charge in [-0.15, -0.1) is 12.4 Å². The molecule has 0 aliphatic carbocycles. The zero-order valence-corrected chi connectivity index (χ0v) is 22.0. The summed E-state index contributed by atoms with van der Waals surface area (Å²) < 4.78 is 55.6. The quantitative estimate of drug-likeness (QED) is 0.280. The molecule has 200 valence electrons. The normalized spacial score (nSPS) is 14.7. The topological polar surface area (TPSA) is 147 Å². The lowest BCUT2D eigenvalue weighted by atomic mass is 10.1. The molecule has 0 radical (unpaired) electrons. The lowest BCUT2D eigenvalue weighted by molar-refractivity contribution is 0.103. The summed E-state index contributed by atoms with van der Waals surface area (Å²) in [4.78, 5) is 28.1. The van der Waals surface area contributed by atoms with Gasteiger partial charge in [0.1, 0.15) is 32.9 Å². The number of sulfonamides is 1. The number of aromatic nitrogens is 4. The fourth-order valence-electron chi connectivity index (χ4n) is 4.03. The number of hydrogen-bond donors (Lipinski definition) is 3. The van der Waals surface area contributed by atoms with Crippen LogP contribution in [0.5, 0.6) is 0 Å². The molecular formula is C23H22ClF2N7O3S2. The van der Waals surface area contributed by atoms with Crippen LogP contribution in [-0.4, -0.2) is 57.6 Å². The van der Waals surface area contributed by atoms with Gasteiger partial charge < -0.3 is 16.0 Å². The van der Waals surface area contributed by atoms with E-state index in [0.717, 1.165) is 23.5 Å². The molecule has 4 N–H and O–H groups in total. The first kappa shape index (κ1) is 27.6. The molecule has 0 unspecified atom stereocenters. The van der Waals surface area contributed by atoms with Gasteiger partial charge in [-0.2, -0.15) is 4.31 Å². The first-order valence-electron chi connectivity index (χ1n) is 11.2. The summed E-state index contributed by atoms with van der Waals surface area (Å²) in [5.74, 6) is -2.43. The number of ketones is 1. The van der Waals surface area contributed by atoms with Crippen LogP contribution in [0.1, 0.15) is 28.1 Å². The summed E-state index contributed by atoms with van der Waals surface area (Å²) in [6, 6.07) is 6.13. The number of nitrogens with one attached hydrogen (secondary N) is 2. The Hall–Kier alpha value is -3.46. The number of carbonyl (C=O) groups is 1. The highest BCUT2D eigenvalue weighted by Gasteiger charge is 2.31. The Morgan fingerprint density at radius 1 is 1.13 bits per heavy atom. The molecule has 4 aromatic rings. The molecule has 38 heavy (non-hydrogen) atoms. The molecule has 1 aromatic carbocycles. The number of H-pyrrole nitrogens is 1. The van der Waals surface area contributed by atoms with E-state index >= 15 is 0 Å². The monoisotopic (exact) mass is 581 g/mol. The summed E-state index contributed by atoms with van der Waals surface area (Å²) in [7, 11) is -3.73. The second kappa shape index (κ2) is 11.1. The van der Waals surface area contributed by atoms with Crippen molar-refractivity contribution in [3.05, 3.63) is 71.0 Å². The van der Waals surface area contributed by atoms with E-state index in [4.69, 9.17) is 5.73 Å². The minimum Gasteiger partial charge on any atom is -0.382 e. The second-order valence-electron chi connectivity index (χ2n) is 8.30. The van der Waals surface area contributed by atoms with Crippen LogP contribution >= 0.6 is 23.7 Å². The molecule has 1 saturated heterocycles. The molecule has 0 saturated carbocycles. The number of benzene rings is 1. The Kier molecular flexibility index (Phi) is 8.06. The van der Waals surface area contributed by atoms with Crippen molar-refractivity contribution in [1.29, 1.82) is 0 Å². The van der Waals surface area contributed by atoms with Gasteiger partial charge >= 0.3 is 0 Å². The Balaban J connectivity index is 0.00000336. The van der Waals surface area contributed by atoms with Crippen molar-refractivity contribution >= 4 is 50.5 Å². The minimum atomic E-state index is -3.73. The second-order valence-corrected chi connectivity index (χ2v) is 11.2. The van der Waals surface area contributed by atoms with Crippen molar-refractivity contribution in [3.8, 4) is 11.5 Å². The first-order valence-corrected chi connectivity index (χ1v) is 13.5. The number of piperidine rings is 1. The van der Waals surface area contributed by atoms with E-state index in [1.165, 1.54) is 22.6 Å². The molecule has 0 atom stereocenters. The van der Waals surface area contributed by atoms with Gasteiger partial charge in [-0.25, -0.2) is 27.2 Å². The van der Waals surface area contributed by atoms with Crippen molar-refractivity contribution in [2.24, 2.45) is 0 Å². The van der Waals surface area contributed by atoms with Gasteiger partial charge in [-0.05, 0) is 37.1 Å². The number of carbonyl (C=O) groups excluding carboxylic acids is 1. The summed E-state index contributed by atoms with van der Waals surface area (Å²) in [5.41, 5.74) is 5.71. The van der Waals surface area contributed by atoms with Gasteiger partial charge in [0.2, 0.25) is 15.8 Å². The Morgan fingerprint density at radius 2 is 1.84 bits per heavy atom. The molecular weight excluding hydrogens is 560 g/mol. The van der Waals surface area contributed by atoms with Crippen molar-refractivity contribution in [1.82, 2.24) is 24.2 Å². The first-order chi connectivity index (χ1) is 17.7. The molecule has 4 heterocycles. The van der Waals surface area contributed by atoms with E-state index in [1.54, 1.807) is 18.5 Å². The Morgan fingerprint density at radius 3 is 2.45 bits per heavy atom. The molecule has 1 aliphatic rings. The lowest BCUT2D eigenvalue weighted by Gasteiger charge is -2.31. The molecule has 0 bridgehead atoms. The van der Waals surface area contributed by atoms with Crippen LogP contribution in [0, 0.1) is 11.6 Å². The van der Waals surface area contributed by atoms with Gasteiger partial charge in [0.15, 0.2) is 11.0 Å².